The van der Waals surface area contributed by atoms with E-state index in [1.54, 1.807) is 30.3 Å². The van der Waals surface area contributed by atoms with Gasteiger partial charge < -0.3 is 4.52 Å². The molecule has 3 aromatic rings. The van der Waals surface area contributed by atoms with Gasteiger partial charge in [0.25, 0.3) is 11.4 Å². The van der Waals surface area contributed by atoms with E-state index in [0.29, 0.717) is 23.1 Å². The second kappa shape index (κ2) is 5.49. The van der Waals surface area contributed by atoms with Crippen molar-refractivity contribution in [2.24, 2.45) is 0 Å². The highest BCUT2D eigenvalue weighted by Gasteiger charge is 2.12. The second-order valence-electron chi connectivity index (χ2n) is 4.30. The van der Waals surface area contributed by atoms with E-state index in [1.807, 2.05) is 6.92 Å². The number of halogens is 1. The molecule has 2 heterocycles. The van der Waals surface area contributed by atoms with Gasteiger partial charge in [-0.15, -0.1) is 0 Å². The molecule has 106 valence electrons. The Morgan fingerprint density at radius 2 is 1.95 bits per heavy atom. The lowest BCUT2D eigenvalue weighted by Gasteiger charge is -2.00. The number of benzene rings is 1. The van der Waals surface area contributed by atoms with E-state index in [4.69, 9.17) is 16.1 Å². The quantitative estimate of drug-likeness (QED) is 0.743. The van der Waals surface area contributed by atoms with Crippen LogP contribution in [0.3, 0.4) is 0 Å². The molecule has 0 radical (unpaired) electrons. The van der Waals surface area contributed by atoms with E-state index in [1.165, 1.54) is 10.7 Å². The summed E-state index contributed by atoms with van der Waals surface area (Å²) in [5, 5.41) is 8.72. The lowest BCUT2D eigenvalue weighted by molar-refractivity contribution is 0.428. The van der Waals surface area contributed by atoms with Crippen molar-refractivity contribution in [1.29, 1.82) is 0 Å². The monoisotopic (exact) mass is 302 g/mol. The van der Waals surface area contributed by atoms with Gasteiger partial charge in [0.15, 0.2) is 0 Å². The van der Waals surface area contributed by atoms with Gasteiger partial charge in [-0.3, -0.25) is 4.79 Å². The Kier molecular flexibility index (Phi) is 3.53. The van der Waals surface area contributed by atoms with Crippen molar-refractivity contribution < 1.29 is 4.52 Å². The number of hydrogen-bond donors (Lipinski definition) is 0. The normalized spacial score (nSPS) is 10.8. The molecule has 0 saturated heterocycles. The molecule has 0 aliphatic rings. The zero-order valence-corrected chi connectivity index (χ0v) is 11.9. The maximum Gasteiger partial charge on any atom is 0.278 e. The molecule has 3 rings (SSSR count). The number of aryl methyl sites for hydroxylation is 1. The summed E-state index contributed by atoms with van der Waals surface area (Å²) in [5.41, 5.74) is 1.08. The molecule has 0 aliphatic carbocycles. The highest BCUT2D eigenvalue weighted by molar-refractivity contribution is 6.30. The summed E-state index contributed by atoms with van der Waals surface area (Å²) in [6.45, 7) is 2.32. The molecule has 21 heavy (non-hydrogen) atoms. The third-order valence-electron chi connectivity index (χ3n) is 2.91. The minimum Gasteiger partial charge on any atom is -0.332 e. The lowest BCUT2D eigenvalue weighted by atomic mass is 10.2. The lowest BCUT2D eigenvalue weighted by Crippen LogP contribution is -2.21. The van der Waals surface area contributed by atoms with Crippen molar-refractivity contribution >= 4 is 11.6 Å². The molecule has 0 bridgehead atoms. The van der Waals surface area contributed by atoms with E-state index in [0.717, 1.165) is 5.56 Å². The fourth-order valence-electron chi connectivity index (χ4n) is 1.83. The Hall–Kier alpha value is -2.47. The van der Waals surface area contributed by atoms with Gasteiger partial charge in [-0.1, -0.05) is 16.8 Å². The molecular formula is C14H11ClN4O2. The predicted octanol–water partition coefficient (Wildman–Crippen LogP) is 2.63. The van der Waals surface area contributed by atoms with Crippen molar-refractivity contribution in [2.45, 2.75) is 13.5 Å². The van der Waals surface area contributed by atoms with Crippen LogP contribution in [0.4, 0.5) is 0 Å². The smallest absolute Gasteiger partial charge is 0.278 e. The SMILES string of the molecule is CCn1nc(-c2nc(-c3ccc(Cl)cc3)no2)ccc1=O. The summed E-state index contributed by atoms with van der Waals surface area (Å²) >= 11 is 5.84. The Balaban J connectivity index is 1.98. The molecule has 0 fully saturated rings. The fourth-order valence-corrected chi connectivity index (χ4v) is 1.96. The molecule has 7 heteroatoms. The minimum absolute atomic E-state index is 0.168. The average Bonchev–Trinajstić information content (AvgIpc) is 2.98. The van der Waals surface area contributed by atoms with Crippen LogP contribution in [0.15, 0.2) is 45.7 Å². The van der Waals surface area contributed by atoms with Crippen molar-refractivity contribution in [3.63, 3.8) is 0 Å². The zero-order chi connectivity index (χ0) is 14.8. The molecule has 0 N–H and O–H groups in total. The predicted molar refractivity (Wildman–Crippen MR) is 77.9 cm³/mol. The first-order valence-corrected chi connectivity index (χ1v) is 6.73. The Labute approximate surface area is 125 Å². The van der Waals surface area contributed by atoms with Crippen LogP contribution in [0.1, 0.15) is 6.92 Å². The Bertz CT molecular complexity index is 823. The molecule has 0 amide bonds. The van der Waals surface area contributed by atoms with Crippen LogP contribution in [-0.4, -0.2) is 19.9 Å². The highest BCUT2D eigenvalue weighted by Crippen LogP contribution is 2.21. The molecule has 2 aromatic heterocycles. The fraction of sp³-hybridized carbons (Fsp3) is 0.143. The number of rotatable bonds is 3. The standard InChI is InChI=1S/C14H11ClN4O2/c1-2-19-12(20)8-7-11(17-19)14-16-13(18-21-14)9-3-5-10(15)6-4-9/h3-8H,2H2,1H3. The van der Waals surface area contributed by atoms with Crippen LogP contribution in [-0.2, 0) is 6.54 Å². The van der Waals surface area contributed by atoms with Crippen LogP contribution in [0.25, 0.3) is 23.0 Å². The molecular weight excluding hydrogens is 292 g/mol. The number of nitrogens with zero attached hydrogens (tertiary/aromatic N) is 4. The number of hydrogen-bond acceptors (Lipinski definition) is 5. The van der Waals surface area contributed by atoms with Crippen LogP contribution in [0, 0.1) is 0 Å². The first-order chi connectivity index (χ1) is 10.2. The maximum atomic E-state index is 11.5. The van der Waals surface area contributed by atoms with Crippen molar-refractivity contribution in [3.05, 3.63) is 51.8 Å². The first kappa shape index (κ1) is 13.5. The van der Waals surface area contributed by atoms with Crippen LogP contribution >= 0.6 is 11.6 Å². The highest BCUT2D eigenvalue weighted by atomic mass is 35.5. The van der Waals surface area contributed by atoms with Crippen LogP contribution in [0.5, 0.6) is 0 Å². The van der Waals surface area contributed by atoms with Gasteiger partial charge in [-0.25, -0.2) is 4.68 Å². The van der Waals surface area contributed by atoms with E-state index in [9.17, 15) is 4.79 Å². The second-order valence-corrected chi connectivity index (χ2v) is 4.74. The van der Waals surface area contributed by atoms with E-state index < -0.39 is 0 Å². The summed E-state index contributed by atoms with van der Waals surface area (Å²) in [5.74, 6) is 0.708. The minimum atomic E-state index is -0.168. The Morgan fingerprint density at radius 3 is 2.67 bits per heavy atom. The summed E-state index contributed by atoms with van der Waals surface area (Å²) in [6.07, 6.45) is 0. The summed E-state index contributed by atoms with van der Waals surface area (Å²) in [4.78, 5) is 15.8. The van der Waals surface area contributed by atoms with Gasteiger partial charge in [-0.05, 0) is 37.3 Å². The van der Waals surface area contributed by atoms with E-state index >= 15 is 0 Å². The summed E-state index contributed by atoms with van der Waals surface area (Å²) in [7, 11) is 0. The molecule has 6 nitrogen and oxygen atoms in total. The molecule has 0 spiro atoms. The largest absolute Gasteiger partial charge is 0.332 e. The van der Waals surface area contributed by atoms with E-state index in [-0.39, 0.29) is 11.4 Å². The van der Waals surface area contributed by atoms with Gasteiger partial charge in [0.05, 0.1) is 0 Å². The van der Waals surface area contributed by atoms with Crippen molar-refractivity contribution in [3.8, 4) is 23.0 Å². The number of aromatic nitrogens is 4. The Morgan fingerprint density at radius 1 is 1.19 bits per heavy atom. The summed E-state index contributed by atoms with van der Waals surface area (Å²) in [6, 6.07) is 10.1. The van der Waals surface area contributed by atoms with Gasteiger partial charge in [0.1, 0.15) is 5.69 Å². The van der Waals surface area contributed by atoms with Gasteiger partial charge >= 0.3 is 0 Å². The van der Waals surface area contributed by atoms with Crippen molar-refractivity contribution in [2.75, 3.05) is 0 Å². The molecule has 0 saturated carbocycles. The molecule has 1 aromatic carbocycles. The maximum absolute atomic E-state index is 11.5. The van der Waals surface area contributed by atoms with Gasteiger partial charge in [0.2, 0.25) is 5.82 Å². The third kappa shape index (κ3) is 2.71. The molecule has 0 unspecified atom stereocenters. The summed E-state index contributed by atoms with van der Waals surface area (Å²) < 4.78 is 6.54. The topological polar surface area (TPSA) is 73.8 Å². The zero-order valence-electron chi connectivity index (χ0n) is 11.2. The average molecular weight is 303 g/mol. The van der Waals surface area contributed by atoms with E-state index in [2.05, 4.69) is 15.2 Å². The van der Waals surface area contributed by atoms with Crippen molar-refractivity contribution in [1.82, 2.24) is 19.9 Å². The molecule has 0 atom stereocenters. The third-order valence-corrected chi connectivity index (χ3v) is 3.17. The van der Waals surface area contributed by atoms with Gasteiger partial charge in [-0.2, -0.15) is 10.1 Å². The van der Waals surface area contributed by atoms with Gasteiger partial charge in [0, 0.05) is 23.2 Å². The van der Waals surface area contributed by atoms with Crippen LogP contribution < -0.4 is 5.56 Å². The van der Waals surface area contributed by atoms with Crippen LogP contribution in [0.2, 0.25) is 5.02 Å². The molecule has 0 aliphatic heterocycles. The first-order valence-electron chi connectivity index (χ1n) is 6.35.